The average Bonchev–Trinajstić information content (AvgIpc) is 2.20. The third kappa shape index (κ3) is 2.18. The maximum atomic E-state index is 12.3. The molecule has 4 saturated carbocycles. The van der Waals surface area contributed by atoms with Gasteiger partial charge in [0.2, 0.25) is 0 Å². The monoisotopic (exact) mass is 280 g/mol. The van der Waals surface area contributed by atoms with Crippen LogP contribution in [0.15, 0.2) is 0 Å². The summed E-state index contributed by atoms with van der Waals surface area (Å²) in [5, 5.41) is 10.9. The molecule has 4 bridgehead atoms. The van der Waals surface area contributed by atoms with Gasteiger partial charge in [-0.2, -0.15) is 0 Å². The lowest BCUT2D eigenvalue weighted by Gasteiger charge is -2.67. The molecule has 0 radical (unpaired) electrons. The van der Waals surface area contributed by atoms with Crippen molar-refractivity contribution in [2.45, 2.75) is 83.8 Å². The zero-order chi connectivity index (χ0) is 14.8. The summed E-state index contributed by atoms with van der Waals surface area (Å²) in [5.74, 6) is -0.122. The molecule has 20 heavy (non-hydrogen) atoms. The SMILES string of the molecule is CCC(C)C(=O)OC12CC3(C)CC(C)(CC(O)(C3)C1)C2. The molecule has 0 aromatic rings. The third-order valence-electron chi connectivity index (χ3n) is 5.85. The van der Waals surface area contributed by atoms with Gasteiger partial charge in [-0.25, -0.2) is 0 Å². The minimum absolute atomic E-state index is 0.0433. The van der Waals surface area contributed by atoms with E-state index < -0.39 is 11.2 Å². The van der Waals surface area contributed by atoms with E-state index >= 15 is 0 Å². The van der Waals surface area contributed by atoms with E-state index in [2.05, 4.69) is 13.8 Å². The molecule has 4 aliphatic rings. The Morgan fingerprint density at radius 1 is 1.10 bits per heavy atom. The van der Waals surface area contributed by atoms with Crippen LogP contribution in [-0.2, 0) is 9.53 Å². The van der Waals surface area contributed by atoms with Crippen molar-refractivity contribution in [1.29, 1.82) is 0 Å². The maximum Gasteiger partial charge on any atom is 0.309 e. The highest BCUT2D eigenvalue weighted by Gasteiger charge is 2.66. The molecule has 4 aliphatic carbocycles. The fourth-order valence-corrected chi connectivity index (χ4v) is 6.11. The molecule has 0 aliphatic heterocycles. The minimum atomic E-state index is -0.617. The number of rotatable bonds is 3. The number of carbonyl (C=O) groups excluding carboxylic acids is 1. The van der Waals surface area contributed by atoms with Crippen LogP contribution in [0.3, 0.4) is 0 Å². The summed E-state index contributed by atoms with van der Waals surface area (Å²) in [6.45, 7) is 8.47. The second-order valence-corrected chi connectivity index (χ2v) is 8.82. The molecule has 0 amide bonds. The van der Waals surface area contributed by atoms with Crippen LogP contribution < -0.4 is 0 Å². The van der Waals surface area contributed by atoms with Crippen molar-refractivity contribution in [2.24, 2.45) is 16.7 Å². The topological polar surface area (TPSA) is 46.5 Å². The standard InChI is InChI=1S/C17H28O3/c1-5-12(2)13(18)20-17-9-14(3)6-15(4,10-17)8-16(19,7-14)11-17/h12,19H,5-11H2,1-4H3. The largest absolute Gasteiger partial charge is 0.459 e. The van der Waals surface area contributed by atoms with E-state index in [0.717, 1.165) is 38.5 Å². The Hall–Kier alpha value is -0.570. The number of hydrogen-bond acceptors (Lipinski definition) is 3. The van der Waals surface area contributed by atoms with Gasteiger partial charge in [0.05, 0.1) is 11.5 Å². The molecule has 0 spiro atoms. The molecule has 3 nitrogen and oxygen atoms in total. The van der Waals surface area contributed by atoms with Crippen molar-refractivity contribution >= 4 is 5.97 Å². The van der Waals surface area contributed by atoms with Crippen molar-refractivity contribution in [1.82, 2.24) is 0 Å². The van der Waals surface area contributed by atoms with Gasteiger partial charge in [0, 0.05) is 6.42 Å². The van der Waals surface area contributed by atoms with Crippen LogP contribution in [0, 0.1) is 16.7 Å². The van der Waals surface area contributed by atoms with Crippen LogP contribution in [-0.4, -0.2) is 22.3 Å². The number of carbonyl (C=O) groups is 1. The average molecular weight is 280 g/mol. The van der Waals surface area contributed by atoms with Gasteiger partial charge in [-0.05, 0) is 49.4 Å². The van der Waals surface area contributed by atoms with Gasteiger partial charge < -0.3 is 9.84 Å². The van der Waals surface area contributed by atoms with E-state index in [1.807, 2.05) is 13.8 Å². The Bertz CT molecular complexity index is 388. The Morgan fingerprint density at radius 3 is 2.10 bits per heavy atom. The molecular weight excluding hydrogens is 252 g/mol. The number of ether oxygens (including phenoxy) is 1. The minimum Gasteiger partial charge on any atom is -0.459 e. The van der Waals surface area contributed by atoms with Crippen LogP contribution in [0.2, 0.25) is 0 Å². The molecule has 4 rings (SSSR count). The zero-order valence-electron chi connectivity index (χ0n) is 13.3. The highest BCUT2D eigenvalue weighted by molar-refractivity contribution is 5.72. The number of hydrogen-bond donors (Lipinski definition) is 1. The lowest BCUT2D eigenvalue weighted by Crippen LogP contribution is -2.66. The van der Waals surface area contributed by atoms with Crippen molar-refractivity contribution < 1.29 is 14.6 Å². The van der Waals surface area contributed by atoms with E-state index in [4.69, 9.17) is 4.74 Å². The van der Waals surface area contributed by atoms with Gasteiger partial charge in [-0.3, -0.25) is 4.79 Å². The van der Waals surface area contributed by atoms with E-state index in [1.54, 1.807) is 0 Å². The van der Waals surface area contributed by atoms with Crippen LogP contribution >= 0.6 is 0 Å². The molecule has 0 heterocycles. The second-order valence-electron chi connectivity index (χ2n) is 8.82. The summed E-state index contributed by atoms with van der Waals surface area (Å²) >= 11 is 0. The Kier molecular flexibility index (Phi) is 2.87. The van der Waals surface area contributed by atoms with E-state index in [9.17, 15) is 9.90 Å². The molecule has 114 valence electrons. The van der Waals surface area contributed by atoms with Gasteiger partial charge in [-0.1, -0.05) is 27.7 Å². The van der Waals surface area contributed by atoms with E-state index in [1.165, 1.54) is 0 Å². The number of aliphatic hydroxyl groups is 1. The first-order valence-corrected chi connectivity index (χ1v) is 8.06. The van der Waals surface area contributed by atoms with Gasteiger partial charge in [0.15, 0.2) is 0 Å². The Balaban J connectivity index is 1.88. The van der Waals surface area contributed by atoms with Crippen molar-refractivity contribution in [3.05, 3.63) is 0 Å². The Labute approximate surface area is 122 Å². The molecule has 4 fully saturated rings. The first kappa shape index (κ1) is 14.4. The highest BCUT2D eigenvalue weighted by Crippen LogP contribution is 2.68. The summed E-state index contributed by atoms with van der Waals surface area (Å²) < 4.78 is 6.00. The van der Waals surface area contributed by atoms with Crippen LogP contribution in [0.1, 0.15) is 72.6 Å². The summed E-state index contributed by atoms with van der Waals surface area (Å²) in [5.41, 5.74) is -0.760. The normalized spacial score (nSPS) is 51.0. The molecular formula is C17H28O3. The first-order chi connectivity index (χ1) is 9.11. The maximum absolute atomic E-state index is 12.3. The summed E-state index contributed by atoms with van der Waals surface area (Å²) in [7, 11) is 0. The van der Waals surface area contributed by atoms with Gasteiger partial charge >= 0.3 is 5.97 Å². The predicted octanol–water partition coefficient (Wildman–Crippen LogP) is 3.44. The van der Waals surface area contributed by atoms with Crippen LogP contribution in [0.4, 0.5) is 0 Å². The molecule has 0 aromatic carbocycles. The van der Waals surface area contributed by atoms with Gasteiger partial charge in [-0.15, -0.1) is 0 Å². The van der Waals surface area contributed by atoms with Gasteiger partial charge in [0.25, 0.3) is 0 Å². The molecule has 0 aromatic heterocycles. The second kappa shape index (κ2) is 4.00. The first-order valence-electron chi connectivity index (χ1n) is 8.06. The summed E-state index contributed by atoms with van der Waals surface area (Å²) in [4.78, 5) is 12.3. The Morgan fingerprint density at radius 2 is 1.65 bits per heavy atom. The van der Waals surface area contributed by atoms with Gasteiger partial charge in [0.1, 0.15) is 5.60 Å². The molecule has 3 unspecified atom stereocenters. The quantitative estimate of drug-likeness (QED) is 0.806. The molecule has 1 N–H and O–H groups in total. The molecule has 3 heteroatoms. The third-order valence-corrected chi connectivity index (χ3v) is 5.85. The fraction of sp³-hybridized carbons (Fsp3) is 0.941. The van der Waals surface area contributed by atoms with Crippen LogP contribution in [0.25, 0.3) is 0 Å². The van der Waals surface area contributed by atoms with Crippen molar-refractivity contribution in [2.75, 3.05) is 0 Å². The lowest BCUT2D eigenvalue weighted by atomic mass is 9.42. The van der Waals surface area contributed by atoms with Crippen molar-refractivity contribution in [3.63, 3.8) is 0 Å². The number of esters is 1. The van der Waals surface area contributed by atoms with E-state index in [0.29, 0.717) is 6.42 Å². The molecule has 0 saturated heterocycles. The van der Waals surface area contributed by atoms with E-state index in [-0.39, 0.29) is 22.7 Å². The highest BCUT2D eigenvalue weighted by atomic mass is 16.6. The van der Waals surface area contributed by atoms with Crippen LogP contribution in [0.5, 0.6) is 0 Å². The zero-order valence-corrected chi connectivity index (χ0v) is 13.3. The summed E-state index contributed by atoms with van der Waals surface area (Å²) in [6.07, 6.45) is 6.22. The van der Waals surface area contributed by atoms with Crippen molar-refractivity contribution in [3.8, 4) is 0 Å². The molecule has 3 atom stereocenters. The lowest BCUT2D eigenvalue weighted by molar-refractivity contribution is -0.261. The summed E-state index contributed by atoms with van der Waals surface area (Å²) in [6, 6.07) is 0. The smallest absolute Gasteiger partial charge is 0.309 e. The fourth-order valence-electron chi connectivity index (χ4n) is 6.11. The predicted molar refractivity (Wildman–Crippen MR) is 77.1 cm³/mol.